The SMILES string of the molecule is CC(=O)Nc1cc(-c2c(C)cccc2C)cc2nnc(Nc3ccc(OCCN4CCCC4)cc3)nc12.Cl. The van der Waals surface area contributed by atoms with Gasteiger partial charge in [0.2, 0.25) is 11.9 Å². The fraction of sp³-hybridized carbons (Fsp3) is 0.310. The Hall–Kier alpha value is -3.75. The minimum Gasteiger partial charge on any atom is -0.492 e. The van der Waals surface area contributed by atoms with Crippen molar-refractivity contribution in [2.45, 2.75) is 33.6 Å². The highest BCUT2D eigenvalue weighted by Gasteiger charge is 2.14. The Bertz CT molecular complexity index is 1400. The fourth-order valence-corrected chi connectivity index (χ4v) is 4.86. The van der Waals surface area contributed by atoms with Gasteiger partial charge >= 0.3 is 0 Å². The zero-order valence-electron chi connectivity index (χ0n) is 22.0. The third-order valence-corrected chi connectivity index (χ3v) is 6.63. The molecule has 198 valence electrons. The Labute approximate surface area is 229 Å². The predicted molar refractivity (Wildman–Crippen MR) is 155 cm³/mol. The first-order chi connectivity index (χ1) is 18.0. The molecule has 0 radical (unpaired) electrons. The summed E-state index contributed by atoms with van der Waals surface area (Å²) >= 11 is 0. The summed E-state index contributed by atoms with van der Waals surface area (Å²) in [5.74, 6) is 1.00. The number of rotatable bonds is 8. The molecule has 0 aliphatic carbocycles. The summed E-state index contributed by atoms with van der Waals surface area (Å²) in [6.45, 7) is 9.61. The van der Waals surface area contributed by atoms with Gasteiger partial charge in [-0.25, -0.2) is 4.98 Å². The topological polar surface area (TPSA) is 92.3 Å². The van der Waals surface area contributed by atoms with E-state index in [1.807, 2.05) is 42.5 Å². The number of benzene rings is 3. The average molecular weight is 533 g/mol. The van der Waals surface area contributed by atoms with E-state index in [-0.39, 0.29) is 18.3 Å². The minimum absolute atomic E-state index is 0. The molecule has 0 saturated carbocycles. The van der Waals surface area contributed by atoms with E-state index < -0.39 is 0 Å². The molecule has 1 saturated heterocycles. The Morgan fingerprint density at radius 2 is 1.71 bits per heavy atom. The van der Waals surface area contributed by atoms with Crippen LogP contribution in [0.2, 0.25) is 0 Å². The van der Waals surface area contributed by atoms with E-state index in [2.05, 4.69) is 56.7 Å². The maximum absolute atomic E-state index is 12.0. The van der Waals surface area contributed by atoms with E-state index in [1.165, 1.54) is 32.9 Å². The largest absolute Gasteiger partial charge is 0.492 e. The van der Waals surface area contributed by atoms with Crippen LogP contribution < -0.4 is 15.4 Å². The van der Waals surface area contributed by atoms with E-state index in [4.69, 9.17) is 4.74 Å². The number of ether oxygens (including phenoxy) is 1. The summed E-state index contributed by atoms with van der Waals surface area (Å²) in [6.07, 6.45) is 2.57. The highest BCUT2D eigenvalue weighted by atomic mass is 35.5. The quantitative estimate of drug-likeness (QED) is 0.291. The van der Waals surface area contributed by atoms with Crippen molar-refractivity contribution in [2.24, 2.45) is 0 Å². The molecular formula is C29H33ClN6O2. The molecule has 38 heavy (non-hydrogen) atoms. The van der Waals surface area contributed by atoms with Crippen molar-refractivity contribution in [3.05, 3.63) is 65.7 Å². The highest BCUT2D eigenvalue weighted by Crippen LogP contribution is 2.33. The number of carbonyl (C=O) groups is 1. The van der Waals surface area contributed by atoms with Crippen LogP contribution in [0.25, 0.3) is 22.2 Å². The predicted octanol–water partition coefficient (Wildman–Crippen LogP) is 5.91. The van der Waals surface area contributed by atoms with Crippen LogP contribution in [0.1, 0.15) is 30.9 Å². The van der Waals surface area contributed by atoms with Gasteiger partial charge in [-0.1, -0.05) is 18.2 Å². The number of fused-ring (bicyclic) bond motifs is 1. The number of halogens is 1. The third kappa shape index (κ3) is 6.38. The molecule has 8 nitrogen and oxygen atoms in total. The molecule has 5 rings (SSSR count). The summed E-state index contributed by atoms with van der Waals surface area (Å²) < 4.78 is 5.89. The van der Waals surface area contributed by atoms with Gasteiger partial charge in [0.25, 0.3) is 0 Å². The summed E-state index contributed by atoms with van der Waals surface area (Å²) in [7, 11) is 0. The fourth-order valence-electron chi connectivity index (χ4n) is 4.86. The Balaban J connectivity index is 0.00000336. The second kappa shape index (κ2) is 12.2. The van der Waals surface area contributed by atoms with E-state index in [9.17, 15) is 4.79 Å². The summed E-state index contributed by atoms with van der Waals surface area (Å²) in [4.78, 5) is 19.1. The number of nitrogens with zero attached hydrogens (tertiary/aromatic N) is 4. The standard InChI is InChI=1S/C29H32N6O2.ClH/c1-19-7-6-8-20(2)27(19)22-17-25(30-21(3)36)28-26(18-22)33-34-29(32-28)31-23-9-11-24(12-10-23)37-16-15-35-13-4-5-14-35;/h6-12,17-18H,4-5,13-16H2,1-3H3,(H,30,36)(H,31,32,34);1H. The molecule has 1 amide bonds. The van der Waals surface area contributed by atoms with Crippen LogP contribution in [0.15, 0.2) is 54.6 Å². The molecule has 3 aromatic carbocycles. The maximum atomic E-state index is 12.0. The lowest BCUT2D eigenvalue weighted by atomic mass is 9.95. The van der Waals surface area contributed by atoms with Crippen LogP contribution in [-0.2, 0) is 4.79 Å². The van der Waals surface area contributed by atoms with Crippen molar-refractivity contribution < 1.29 is 9.53 Å². The van der Waals surface area contributed by atoms with Crippen molar-refractivity contribution in [3.63, 3.8) is 0 Å². The van der Waals surface area contributed by atoms with Crippen molar-refractivity contribution in [3.8, 4) is 16.9 Å². The van der Waals surface area contributed by atoms with Crippen LogP contribution >= 0.6 is 12.4 Å². The molecule has 0 spiro atoms. The number of aromatic nitrogens is 3. The van der Waals surface area contributed by atoms with Gasteiger partial charge in [-0.05, 0) is 98.4 Å². The molecule has 9 heteroatoms. The first-order valence-electron chi connectivity index (χ1n) is 12.7. The van der Waals surface area contributed by atoms with E-state index in [0.717, 1.165) is 40.2 Å². The molecule has 1 aromatic heterocycles. The lowest BCUT2D eigenvalue weighted by Crippen LogP contribution is -2.25. The van der Waals surface area contributed by atoms with E-state index in [1.54, 1.807) is 0 Å². The molecule has 0 bridgehead atoms. The molecule has 1 fully saturated rings. The number of amides is 1. The Morgan fingerprint density at radius 1 is 1.00 bits per heavy atom. The number of aryl methyl sites for hydroxylation is 2. The van der Waals surface area contributed by atoms with Crippen LogP contribution in [-0.4, -0.2) is 52.2 Å². The lowest BCUT2D eigenvalue weighted by molar-refractivity contribution is -0.114. The average Bonchev–Trinajstić information content (AvgIpc) is 3.39. The first kappa shape index (κ1) is 27.3. The lowest BCUT2D eigenvalue weighted by Gasteiger charge is -2.15. The summed E-state index contributed by atoms with van der Waals surface area (Å²) in [5, 5.41) is 14.9. The van der Waals surface area contributed by atoms with Crippen LogP contribution in [0.3, 0.4) is 0 Å². The zero-order chi connectivity index (χ0) is 25.8. The second-order valence-corrected chi connectivity index (χ2v) is 9.52. The third-order valence-electron chi connectivity index (χ3n) is 6.63. The van der Waals surface area contributed by atoms with Crippen LogP contribution in [0, 0.1) is 13.8 Å². The number of hydrogen-bond donors (Lipinski definition) is 2. The van der Waals surface area contributed by atoms with Crippen molar-refractivity contribution in [1.82, 2.24) is 20.1 Å². The smallest absolute Gasteiger partial charge is 0.247 e. The van der Waals surface area contributed by atoms with Gasteiger partial charge in [-0.15, -0.1) is 22.6 Å². The number of hydrogen-bond acceptors (Lipinski definition) is 7. The van der Waals surface area contributed by atoms with Gasteiger partial charge in [-0.3, -0.25) is 9.69 Å². The van der Waals surface area contributed by atoms with Crippen LogP contribution in [0.5, 0.6) is 5.75 Å². The van der Waals surface area contributed by atoms with Gasteiger partial charge in [0.15, 0.2) is 0 Å². The molecule has 1 aliphatic rings. The minimum atomic E-state index is -0.173. The van der Waals surface area contributed by atoms with Crippen molar-refractivity contribution in [1.29, 1.82) is 0 Å². The first-order valence-corrected chi connectivity index (χ1v) is 12.7. The normalized spacial score (nSPS) is 13.2. The molecule has 0 unspecified atom stereocenters. The van der Waals surface area contributed by atoms with Crippen LogP contribution in [0.4, 0.5) is 17.3 Å². The molecule has 2 heterocycles. The summed E-state index contributed by atoms with van der Waals surface area (Å²) in [6, 6.07) is 17.8. The Morgan fingerprint density at radius 3 is 2.39 bits per heavy atom. The molecule has 2 N–H and O–H groups in total. The van der Waals surface area contributed by atoms with Gasteiger partial charge in [0.05, 0.1) is 5.69 Å². The molecule has 4 aromatic rings. The van der Waals surface area contributed by atoms with E-state index in [0.29, 0.717) is 29.3 Å². The highest BCUT2D eigenvalue weighted by molar-refractivity contribution is 6.01. The van der Waals surface area contributed by atoms with Gasteiger partial charge in [-0.2, -0.15) is 0 Å². The molecule has 1 aliphatic heterocycles. The number of nitrogens with one attached hydrogen (secondary N) is 2. The number of carbonyl (C=O) groups excluding carboxylic acids is 1. The molecular weight excluding hydrogens is 500 g/mol. The zero-order valence-corrected chi connectivity index (χ0v) is 22.8. The number of anilines is 3. The van der Waals surface area contributed by atoms with Crippen molar-refractivity contribution in [2.75, 3.05) is 36.9 Å². The van der Waals surface area contributed by atoms with Gasteiger partial charge in [0, 0.05) is 19.2 Å². The Kier molecular flexibility index (Phi) is 8.76. The number of likely N-dealkylation sites (tertiary alicyclic amines) is 1. The monoisotopic (exact) mass is 532 g/mol. The second-order valence-electron chi connectivity index (χ2n) is 9.52. The van der Waals surface area contributed by atoms with Gasteiger partial charge in [0.1, 0.15) is 23.4 Å². The maximum Gasteiger partial charge on any atom is 0.247 e. The van der Waals surface area contributed by atoms with Crippen molar-refractivity contribution >= 4 is 46.7 Å². The van der Waals surface area contributed by atoms with Gasteiger partial charge < -0.3 is 15.4 Å². The van der Waals surface area contributed by atoms with E-state index >= 15 is 0 Å². The summed E-state index contributed by atoms with van der Waals surface area (Å²) in [5.41, 5.74) is 6.97. The molecule has 0 atom stereocenters.